The van der Waals surface area contributed by atoms with Crippen molar-refractivity contribution in [1.29, 1.82) is 0 Å². The summed E-state index contributed by atoms with van der Waals surface area (Å²) in [5, 5.41) is 3.76. The van der Waals surface area contributed by atoms with E-state index in [-0.39, 0.29) is 0 Å². The summed E-state index contributed by atoms with van der Waals surface area (Å²) in [6.07, 6.45) is 3.65. The molecule has 0 N–H and O–H groups in total. The Labute approximate surface area is 120 Å². The molecule has 0 radical (unpaired) electrons. The lowest BCUT2D eigenvalue weighted by Crippen LogP contribution is -1.85. The second kappa shape index (κ2) is 5.11. The third-order valence-electron chi connectivity index (χ3n) is 2.89. The van der Waals surface area contributed by atoms with Gasteiger partial charge in [-0.25, -0.2) is 4.98 Å². The summed E-state index contributed by atoms with van der Waals surface area (Å²) in [4.78, 5) is 8.83. The van der Waals surface area contributed by atoms with Gasteiger partial charge >= 0.3 is 0 Å². The summed E-state index contributed by atoms with van der Waals surface area (Å²) in [7, 11) is 0. The van der Waals surface area contributed by atoms with Crippen LogP contribution in [0.15, 0.2) is 48.1 Å². The van der Waals surface area contributed by atoms with Gasteiger partial charge < -0.3 is 0 Å². The molecule has 2 aromatic heterocycles. The molecule has 1 aromatic carbocycles. The van der Waals surface area contributed by atoms with Crippen LogP contribution in [-0.4, -0.2) is 9.97 Å². The van der Waals surface area contributed by atoms with Crippen molar-refractivity contribution in [3.8, 4) is 21.8 Å². The molecule has 19 heavy (non-hydrogen) atoms. The topological polar surface area (TPSA) is 25.8 Å². The molecule has 3 rings (SSSR count). The van der Waals surface area contributed by atoms with Gasteiger partial charge in [0.25, 0.3) is 0 Å². The van der Waals surface area contributed by atoms with Gasteiger partial charge in [0.15, 0.2) is 0 Å². The van der Waals surface area contributed by atoms with Crippen LogP contribution < -0.4 is 0 Å². The zero-order chi connectivity index (χ0) is 13.2. The Morgan fingerprint density at radius 2 is 2.11 bits per heavy atom. The highest BCUT2D eigenvalue weighted by Gasteiger charge is 2.08. The third-order valence-corrected chi connectivity index (χ3v) is 4.02. The average molecular weight is 287 g/mol. The molecular weight excluding hydrogens is 276 g/mol. The highest BCUT2D eigenvalue weighted by molar-refractivity contribution is 7.13. The zero-order valence-corrected chi connectivity index (χ0v) is 11.9. The predicted octanol–water partition coefficient (Wildman–Crippen LogP) is 4.83. The number of aryl methyl sites for hydroxylation is 1. The van der Waals surface area contributed by atoms with Crippen molar-refractivity contribution in [2.24, 2.45) is 0 Å². The van der Waals surface area contributed by atoms with Crippen LogP contribution in [0.25, 0.3) is 21.8 Å². The summed E-state index contributed by atoms with van der Waals surface area (Å²) < 4.78 is 0. The molecule has 0 atom stereocenters. The van der Waals surface area contributed by atoms with Crippen LogP contribution in [0.3, 0.4) is 0 Å². The fraction of sp³-hybridized carbons (Fsp3) is 0.0667. The highest BCUT2D eigenvalue weighted by atomic mass is 35.5. The lowest BCUT2D eigenvalue weighted by atomic mass is 10.1. The Morgan fingerprint density at radius 1 is 1.21 bits per heavy atom. The Morgan fingerprint density at radius 3 is 2.89 bits per heavy atom. The van der Waals surface area contributed by atoms with Crippen molar-refractivity contribution in [2.45, 2.75) is 6.92 Å². The maximum absolute atomic E-state index is 6.01. The van der Waals surface area contributed by atoms with E-state index in [1.54, 1.807) is 17.5 Å². The first-order valence-electron chi connectivity index (χ1n) is 5.86. The van der Waals surface area contributed by atoms with Crippen molar-refractivity contribution < 1.29 is 0 Å². The molecule has 4 heteroatoms. The molecule has 0 saturated heterocycles. The minimum absolute atomic E-state index is 0.729. The fourth-order valence-electron chi connectivity index (χ4n) is 1.88. The van der Waals surface area contributed by atoms with E-state index >= 15 is 0 Å². The third kappa shape index (κ3) is 2.53. The van der Waals surface area contributed by atoms with Crippen molar-refractivity contribution in [3.05, 3.63) is 58.7 Å². The summed E-state index contributed by atoms with van der Waals surface area (Å²) in [6, 6.07) is 9.75. The quantitative estimate of drug-likeness (QED) is 0.674. The van der Waals surface area contributed by atoms with E-state index in [1.807, 2.05) is 36.5 Å². The van der Waals surface area contributed by atoms with E-state index in [1.165, 1.54) is 5.56 Å². The largest absolute Gasteiger partial charge is 0.264 e. The smallest absolute Gasteiger partial charge is 0.124 e. The molecule has 2 nitrogen and oxygen atoms in total. The van der Waals surface area contributed by atoms with Crippen LogP contribution >= 0.6 is 22.9 Å². The molecule has 2 heterocycles. The molecule has 0 aliphatic heterocycles. The average Bonchev–Trinajstić information content (AvgIpc) is 2.89. The summed E-state index contributed by atoms with van der Waals surface area (Å²) in [5.41, 5.74) is 4.26. The molecule has 0 amide bonds. The van der Waals surface area contributed by atoms with Crippen LogP contribution in [0.5, 0.6) is 0 Å². The first kappa shape index (κ1) is 12.3. The molecule has 0 spiro atoms. The Bertz CT molecular complexity index is 721. The van der Waals surface area contributed by atoms with Gasteiger partial charge in [0.2, 0.25) is 0 Å². The number of halogens is 1. The number of rotatable bonds is 2. The van der Waals surface area contributed by atoms with Gasteiger partial charge in [-0.1, -0.05) is 23.7 Å². The molecule has 0 unspecified atom stereocenters. The van der Waals surface area contributed by atoms with E-state index < -0.39 is 0 Å². The molecule has 0 bridgehead atoms. The van der Waals surface area contributed by atoms with Crippen LogP contribution in [0.1, 0.15) is 5.56 Å². The Hall–Kier alpha value is -1.71. The summed E-state index contributed by atoms with van der Waals surface area (Å²) >= 11 is 7.63. The minimum Gasteiger partial charge on any atom is -0.264 e. The molecule has 0 fully saturated rings. The first-order valence-corrected chi connectivity index (χ1v) is 7.12. The maximum atomic E-state index is 6.01. The molecule has 0 aliphatic carbocycles. The van der Waals surface area contributed by atoms with E-state index in [0.29, 0.717) is 0 Å². The minimum atomic E-state index is 0.729. The van der Waals surface area contributed by atoms with Gasteiger partial charge in [0, 0.05) is 33.9 Å². The lowest BCUT2D eigenvalue weighted by Gasteiger charge is -2.00. The number of hydrogen-bond acceptors (Lipinski definition) is 3. The highest BCUT2D eigenvalue weighted by Crippen LogP contribution is 2.30. The molecule has 0 aliphatic rings. The van der Waals surface area contributed by atoms with Crippen LogP contribution in [0.4, 0.5) is 0 Å². The standard InChI is InChI=1S/C15H11ClN2S/c1-10-5-6-17-8-13(10)14-9-19-15(18-14)11-3-2-4-12(16)7-11/h2-9H,1H3. The number of thiazole rings is 1. The van der Waals surface area contributed by atoms with E-state index in [2.05, 4.69) is 22.3 Å². The van der Waals surface area contributed by atoms with Gasteiger partial charge in [-0.2, -0.15) is 0 Å². The molecule has 0 saturated carbocycles. The summed E-state index contributed by atoms with van der Waals surface area (Å²) in [5.74, 6) is 0. The van der Waals surface area contributed by atoms with Gasteiger partial charge in [-0.3, -0.25) is 4.98 Å². The predicted molar refractivity (Wildman–Crippen MR) is 80.5 cm³/mol. The fourth-order valence-corrected chi connectivity index (χ4v) is 2.89. The van der Waals surface area contributed by atoms with E-state index in [9.17, 15) is 0 Å². The number of pyridine rings is 1. The Kier molecular flexibility index (Phi) is 3.32. The van der Waals surface area contributed by atoms with Gasteiger partial charge in [0.05, 0.1) is 5.69 Å². The van der Waals surface area contributed by atoms with E-state index in [4.69, 9.17) is 11.6 Å². The number of benzene rings is 1. The number of nitrogens with zero attached hydrogens (tertiary/aromatic N) is 2. The number of aromatic nitrogens is 2. The molecule has 3 aromatic rings. The Balaban J connectivity index is 2.03. The van der Waals surface area contributed by atoms with Crippen LogP contribution in [0.2, 0.25) is 5.02 Å². The maximum Gasteiger partial charge on any atom is 0.124 e. The van der Waals surface area contributed by atoms with Crippen molar-refractivity contribution in [2.75, 3.05) is 0 Å². The molecular formula is C15H11ClN2S. The van der Waals surface area contributed by atoms with Crippen LogP contribution in [0, 0.1) is 6.92 Å². The van der Waals surface area contributed by atoms with Crippen molar-refractivity contribution >= 4 is 22.9 Å². The first-order chi connectivity index (χ1) is 9.24. The number of hydrogen-bond donors (Lipinski definition) is 0. The van der Waals surface area contributed by atoms with Gasteiger partial charge in [-0.05, 0) is 30.7 Å². The van der Waals surface area contributed by atoms with E-state index in [0.717, 1.165) is 26.9 Å². The SMILES string of the molecule is Cc1ccncc1-c1csc(-c2cccc(Cl)c2)n1. The van der Waals surface area contributed by atoms with Crippen molar-refractivity contribution in [3.63, 3.8) is 0 Å². The molecule has 94 valence electrons. The summed E-state index contributed by atoms with van der Waals surface area (Å²) in [6.45, 7) is 2.06. The second-order valence-corrected chi connectivity index (χ2v) is 5.53. The van der Waals surface area contributed by atoms with Crippen LogP contribution in [-0.2, 0) is 0 Å². The normalized spacial score (nSPS) is 10.6. The van der Waals surface area contributed by atoms with Crippen molar-refractivity contribution in [1.82, 2.24) is 9.97 Å². The lowest BCUT2D eigenvalue weighted by molar-refractivity contribution is 1.27. The van der Waals surface area contributed by atoms with Gasteiger partial charge in [-0.15, -0.1) is 11.3 Å². The second-order valence-electron chi connectivity index (χ2n) is 4.24. The van der Waals surface area contributed by atoms with Gasteiger partial charge in [0.1, 0.15) is 5.01 Å². The monoisotopic (exact) mass is 286 g/mol. The zero-order valence-electron chi connectivity index (χ0n) is 10.3.